The number of pyridine rings is 2. The molecule has 44 heavy (non-hydrogen) atoms. The number of rotatable bonds is 10. The van der Waals surface area contributed by atoms with Crippen LogP contribution in [0.15, 0.2) is 23.0 Å². The van der Waals surface area contributed by atoms with Crippen LogP contribution < -0.4 is 20.9 Å². The highest BCUT2D eigenvalue weighted by molar-refractivity contribution is 5.98. The number of amides is 1. The molecular weight excluding hydrogens is 575 g/mol. The van der Waals surface area contributed by atoms with Gasteiger partial charge in [0.2, 0.25) is 0 Å². The molecule has 1 atom stereocenters. The minimum absolute atomic E-state index is 0.153. The normalized spacial score (nSPS) is 15.8. The van der Waals surface area contributed by atoms with Crippen LogP contribution >= 0.6 is 0 Å². The zero-order chi connectivity index (χ0) is 32.0. The molecule has 3 aromatic rings. The molecule has 4 heterocycles. The van der Waals surface area contributed by atoms with Gasteiger partial charge >= 0.3 is 12.1 Å². The van der Waals surface area contributed by atoms with E-state index >= 15 is 4.39 Å². The van der Waals surface area contributed by atoms with Crippen LogP contribution in [0.3, 0.4) is 0 Å². The van der Waals surface area contributed by atoms with Gasteiger partial charge in [0.05, 0.1) is 54.5 Å². The molecule has 13 heteroatoms. The summed E-state index contributed by atoms with van der Waals surface area (Å²) in [5.74, 6) is -1.94. The fourth-order valence-electron chi connectivity index (χ4n) is 5.49. The predicted octanol–water partition coefficient (Wildman–Crippen LogP) is 3.50. The van der Waals surface area contributed by atoms with E-state index in [1.807, 2.05) is 27.7 Å². The summed E-state index contributed by atoms with van der Waals surface area (Å²) in [4.78, 5) is 42.5. The molecule has 5 rings (SSSR count). The molecule has 0 aliphatic carbocycles. The Morgan fingerprint density at radius 2 is 1.89 bits per heavy atom. The molecule has 2 aromatic heterocycles. The molecule has 0 radical (unpaired) electrons. The Kier molecular flexibility index (Phi) is 8.40. The molecule has 236 valence electrons. The summed E-state index contributed by atoms with van der Waals surface area (Å²) in [6, 6.07) is 4.46. The molecule has 0 saturated carbocycles. The number of hydrogen-bond acceptors (Lipinski definition) is 10. The zero-order valence-corrected chi connectivity index (χ0v) is 25.6. The molecule has 1 aromatic carbocycles. The predicted molar refractivity (Wildman–Crippen MR) is 159 cm³/mol. The number of nitrogens with one attached hydrogen (secondary N) is 2. The number of ether oxygens (including phenoxy) is 4. The largest absolute Gasteiger partial charge is 0.458 e. The fraction of sp³-hybridized carbons (Fsp3) is 0.484. The van der Waals surface area contributed by atoms with E-state index in [9.17, 15) is 19.5 Å². The van der Waals surface area contributed by atoms with E-state index < -0.39 is 35.0 Å². The number of nitrogens with zero attached hydrogens (tertiary/aromatic N) is 2. The van der Waals surface area contributed by atoms with Crippen molar-refractivity contribution in [3.05, 3.63) is 51.1 Å². The summed E-state index contributed by atoms with van der Waals surface area (Å²) in [6.45, 7) is 9.51. The molecule has 1 amide bonds. The zero-order valence-electron chi connectivity index (χ0n) is 25.6. The van der Waals surface area contributed by atoms with Crippen LogP contribution in [0, 0.1) is 16.6 Å². The molecule has 0 saturated heterocycles. The average Bonchev–Trinajstić information content (AvgIpc) is 3.31. The van der Waals surface area contributed by atoms with E-state index in [0.717, 1.165) is 6.07 Å². The summed E-state index contributed by atoms with van der Waals surface area (Å²) < 4.78 is 38.4. The Hall–Kier alpha value is -4.07. The number of methoxy groups -OCH3 is 1. The van der Waals surface area contributed by atoms with E-state index in [2.05, 4.69) is 15.6 Å². The lowest BCUT2D eigenvalue weighted by Gasteiger charge is -2.28. The first-order valence-corrected chi connectivity index (χ1v) is 14.2. The highest BCUT2D eigenvalue weighted by Gasteiger charge is 2.34. The highest BCUT2D eigenvalue weighted by atomic mass is 19.1. The number of fused-ring (bicyclic) bond motifs is 5. The van der Waals surface area contributed by atoms with E-state index in [0.29, 0.717) is 42.2 Å². The molecular formula is C31H37FN4O8. The van der Waals surface area contributed by atoms with Gasteiger partial charge < -0.3 is 39.3 Å². The standard InChI is InChI=1S/C31H37FN4O8/c1-30(2,14-42-15-31(3,4)13-41-6)12-34-29(40)44-26-20(32)9-21-18(24(26)33-5)7-16-10-36-22(23(16)35-21)8-17-19(27(36)38)11-43-28(39)25(17)37/h7-9,25,33,37H,10-15H2,1-6H3,(H,34,40)/t25-/m0/s1. The van der Waals surface area contributed by atoms with E-state index in [1.54, 1.807) is 26.3 Å². The van der Waals surface area contributed by atoms with Crippen molar-refractivity contribution >= 4 is 28.7 Å². The van der Waals surface area contributed by atoms with Gasteiger partial charge in [0, 0.05) is 54.1 Å². The maximum absolute atomic E-state index is 15.4. The van der Waals surface area contributed by atoms with Crippen LogP contribution in [0.4, 0.5) is 14.9 Å². The molecule has 3 N–H and O–H groups in total. The minimum atomic E-state index is -1.58. The second kappa shape index (κ2) is 11.8. The first-order chi connectivity index (χ1) is 20.7. The van der Waals surface area contributed by atoms with Crippen molar-refractivity contribution in [1.29, 1.82) is 0 Å². The van der Waals surface area contributed by atoms with Gasteiger partial charge in [-0.2, -0.15) is 0 Å². The van der Waals surface area contributed by atoms with Crippen LogP contribution in [0.1, 0.15) is 50.5 Å². The van der Waals surface area contributed by atoms with Crippen LogP contribution in [-0.4, -0.2) is 67.2 Å². The Labute approximate surface area is 253 Å². The average molecular weight is 613 g/mol. The van der Waals surface area contributed by atoms with Crippen molar-refractivity contribution in [2.75, 3.05) is 45.8 Å². The Morgan fingerprint density at radius 1 is 1.16 bits per heavy atom. The second-order valence-electron chi connectivity index (χ2n) is 12.7. The molecule has 12 nitrogen and oxygen atoms in total. The smallest absolute Gasteiger partial charge is 0.412 e. The molecule has 0 unspecified atom stereocenters. The summed E-state index contributed by atoms with van der Waals surface area (Å²) in [5, 5.41) is 16.4. The molecule has 0 bridgehead atoms. The number of esters is 1. The van der Waals surface area contributed by atoms with Gasteiger partial charge in [-0.25, -0.2) is 19.0 Å². The van der Waals surface area contributed by atoms with Gasteiger partial charge in [0.25, 0.3) is 5.56 Å². The number of carbonyl (C=O) groups excluding carboxylic acids is 2. The fourth-order valence-corrected chi connectivity index (χ4v) is 5.49. The van der Waals surface area contributed by atoms with Crippen molar-refractivity contribution in [3.8, 4) is 17.1 Å². The Morgan fingerprint density at radius 3 is 2.59 bits per heavy atom. The Bertz CT molecular complexity index is 1700. The number of aliphatic hydroxyl groups excluding tert-OH is 1. The topological polar surface area (TPSA) is 150 Å². The quantitative estimate of drug-likeness (QED) is 0.227. The van der Waals surface area contributed by atoms with E-state index in [1.165, 1.54) is 4.57 Å². The molecule has 0 spiro atoms. The Balaban J connectivity index is 1.36. The maximum atomic E-state index is 15.4. The number of cyclic esters (lactones) is 1. The maximum Gasteiger partial charge on any atom is 0.412 e. The molecule has 0 fully saturated rings. The SMILES string of the molecule is CNc1c(OC(=O)NCC(C)(C)COCC(C)(C)COC)c(F)cc2nc3c(cc12)Cn1c-3cc2c(c1=O)COC(=O)[C@H]2O. The van der Waals surface area contributed by atoms with E-state index in [-0.39, 0.29) is 53.2 Å². The van der Waals surface area contributed by atoms with Crippen LogP contribution in [0.5, 0.6) is 5.75 Å². The number of halogens is 1. The minimum Gasteiger partial charge on any atom is -0.458 e. The number of carbonyl (C=O) groups is 2. The lowest BCUT2D eigenvalue weighted by Crippen LogP contribution is -2.39. The number of benzene rings is 1. The van der Waals surface area contributed by atoms with Gasteiger partial charge in [-0.3, -0.25) is 4.79 Å². The third kappa shape index (κ3) is 5.99. The third-order valence-corrected chi connectivity index (χ3v) is 7.67. The summed E-state index contributed by atoms with van der Waals surface area (Å²) >= 11 is 0. The van der Waals surface area contributed by atoms with Crippen LogP contribution in [-0.2, 0) is 32.2 Å². The van der Waals surface area contributed by atoms with E-state index in [4.69, 9.17) is 18.9 Å². The number of anilines is 1. The van der Waals surface area contributed by atoms with Gasteiger partial charge in [-0.15, -0.1) is 0 Å². The summed E-state index contributed by atoms with van der Waals surface area (Å²) in [6.07, 6.45) is -2.41. The second-order valence-corrected chi connectivity index (χ2v) is 12.7. The van der Waals surface area contributed by atoms with Crippen LogP contribution in [0.25, 0.3) is 22.3 Å². The highest BCUT2D eigenvalue weighted by Crippen LogP contribution is 2.40. The van der Waals surface area contributed by atoms with Gasteiger partial charge in [-0.05, 0) is 12.1 Å². The number of aromatic nitrogens is 2. The summed E-state index contributed by atoms with van der Waals surface area (Å²) in [7, 11) is 3.21. The molecule has 2 aliphatic rings. The van der Waals surface area contributed by atoms with Crippen molar-refractivity contribution in [2.45, 2.75) is 47.0 Å². The van der Waals surface area contributed by atoms with Gasteiger partial charge in [0.1, 0.15) is 6.61 Å². The number of aliphatic hydroxyl groups is 1. The lowest BCUT2D eigenvalue weighted by atomic mass is 9.93. The van der Waals surface area contributed by atoms with Crippen molar-refractivity contribution < 1.29 is 38.0 Å². The van der Waals surface area contributed by atoms with Crippen molar-refractivity contribution in [3.63, 3.8) is 0 Å². The first-order valence-electron chi connectivity index (χ1n) is 14.2. The van der Waals surface area contributed by atoms with Crippen molar-refractivity contribution in [2.24, 2.45) is 10.8 Å². The summed E-state index contributed by atoms with van der Waals surface area (Å²) in [5.41, 5.74) is 1.34. The monoisotopic (exact) mass is 612 g/mol. The first kappa shape index (κ1) is 31.4. The van der Waals surface area contributed by atoms with Crippen molar-refractivity contribution in [1.82, 2.24) is 14.9 Å². The number of hydrogen-bond donors (Lipinski definition) is 3. The van der Waals surface area contributed by atoms with Gasteiger partial charge in [-0.1, -0.05) is 27.7 Å². The van der Waals surface area contributed by atoms with Crippen LogP contribution in [0.2, 0.25) is 0 Å². The van der Waals surface area contributed by atoms with Gasteiger partial charge in [0.15, 0.2) is 17.7 Å². The lowest BCUT2D eigenvalue weighted by molar-refractivity contribution is -0.157. The molecule has 2 aliphatic heterocycles. The third-order valence-electron chi connectivity index (χ3n) is 7.67.